The molecule has 7 heteroatoms. The fourth-order valence-corrected chi connectivity index (χ4v) is 2.74. The van der Waals surface area contributed by atoms with E-state index in [1.54, 1.807) is 41.3 Å². The summed E-state index contributed by atoms with van der Waals surface area (Å²) in [6.07, 6.45) is 5.29. The molecule has 0 aliphatic carbocycles. The lowest BCUT2D eigenvalue weighted by atomic mass is 10.2. The molecule has 0 bridgehead atoms. The van der Waals surface area contributed by atoms with Crippen LogP contribution < -0.4 is 14.8 Å². The van der Waals surface area contributed by atoms with Gasteiger partial charge in [-0.3, -0.25) is 14.5 Å². The van der Waals surface area contributed by atoms with Crippen LogP contribution in [-0.4, -0.2) is 26.5 Å². The van der Waals surface area contributed by atoms with E-state index in [2.05, 4.69) is 15.4 Å². The minimum atomic E-state index is -0.719. The number of nitrogens with zero attached hydrogens (tertiary/aromatic N) is 3. The summed E-state index contributed by atoms with van der Waals surface area (Å²) in [5, 5.41) is 7.17. The monoisotopic (exact) mass is 350 g/mol. The normalized spacial score (nSPS) is 14.2. The molecule has 1 aliphatic rings. The van der Waals surface area contributed by atoms with Crippen molar-refractivity contribution in [3.63, 3.8) is 0 Å². The second-order valence-corrected chi connectivity index (χ2v) is 6.47. The first-order chi connectivity index (χ1) is 12.5. The predicted molar refractivity (Wildman–Crippen MR) is 95.3 cm³/mol. The van der Waals surface area contributed by atoms with E-state index < -0.39 is 5.79 Å². The van der Waals surface area contributed by atoms with Crippen molar-refractivity contribution >= 4 is 11.7 Å². The number of rotatable bonds is 4. The number of pyridine rings is 1. The summed E-state index contributed by atoms with van der Waals surface area (Å²) in [6, 6.07) is 10.7. The fraction of sp³-hybridized carbons (Fsp3) is 0.211. The second-order valence-electron chi connectivity index (χ2n) is 6.47. The first kappa shape index (κ1) is 16.1. The first-order valence-corrected chi connectivity index (χ1v) is 8.24. The van der Waals surface area contributed by atoms with Gasteiger partial charge in [0.05, 0.1) is 6.54 Å². The average Bonchev–Trinajstić information content (AvgIpc) is 3.16. The number of aromatic nitrogens is 3. The zero-order valence-electron chi connectivity index (χ0n) is 14.5. The van der Waals surface area contributed by atoms with Gasteiger partial charge in [0.15, 0.2) is 17.3 Å². The van der Waals surface area contributed by atoms with Crippen molar-refractivity contribution in [1.29, 1.82) is 0 Å². The molecule has 0 saturated carbocycles. The van der Waals surface area contributed by atoms with Crippen LogP contribution in [0.25, 0.3) is 0 Å². The molecule has 26 heavy (non-hydrogen) atoms. The SMILES string of the molecule is CC1(C)Oc2ccc(C(=O)Nc3ccn(Cc4ccncc4)n3)cc2O1. The van der Waals surface area contributed by atoms with E-state index in [1.807, 2.05) is 32.2 Å². The molecule has 1 N–H and O–H groups in total. The smallest absolute Gasteiger partial charge is 0.257 e. The van der Waals surface area contributed by atoms with Crippen molar-refractivity contribution < 1.29 is 14.3 Å². The summed E-state index contributed by atoms with van der Waals surface area (Å²) in [6.45, 7) is 4.25. The predicted octanol–water partition coefficient (Wildman–Crippen LogP) is 3.09. The Morgan fingerprint density at radius 2 is 1.88 bits per heavy atom. The number of hydrogen-bond donors (Lipinski definition) is 1. The number of hydrogen-bond acceptors (Lipinski definition) is 5. The molecular weight excluding hydrogens is 332 g/mol. The van der Waals surface area contributed by atoms with Gasteiger partial charge in [0.2, 0.25) is 5.79 Å². The second kappa shape index (κ2) is 6.18. The Morgan fingerprint density at radius 1 is 1.12 bits per heavy atom. The first-order valence-electron chi connectivity index (χ1n) is 8.24. The molecule has 4 rings (SSSR count). The molecule has 3 heterocycles. The Balaban J connectivity index is 1.44. The summed E-state index contributed by atoms with van der Waals surface area (Å²) >= 11 is 0. The highest BCUT2D eigenvalue weighted by Crippen LogP contribution is 2.39. The highest BCUT2D eigenvalue weighted by atomic mass is 16.7. The van der Waals surface area contributed by atoms with Gasteiger partial charge in [0.1, 0.15) is 0 Å². The summed E-state index contributed by atoms with van der Waals surface area (Å²) in [5.41, 5.74) is 1.56. The van der Waals surface area contributed by atoms with Crippen molar-refractivity contribution in [1.82, 2.24) is 14.8 Å². The van der Waals surface area contributed by atoms with Crippen molar-refractivity contribution in [3.8, 4) is 11.5 Å². The van der Waals surface area contributed by atoms with Gasteiger partial charge >= 0.3 is 0 Å². The molecule has 1 aromatic carbocycles. The molecule has 7 nitrogen and oxygen atoms in total. The minimum Gasteiger partial charge on any atom is -0.449 e. The van der Waals surface area contributed by atoms with Gasteiger partial charge in [0.25, 0.3) is 5.91 Å². The van der Waals surface area contributed by atoms with Crippen LogP contribution in [-0.2, 0) is 6.54 Å². The number of nitrogens with one attached hydrogen (secondary N) is 1. The summed E-state index contributed by atoms with van der Waals surface area (Å²) in [7, 11) is 0. The Morgan fingerprint density at radius 3 is 2.69 bits per heavy atom. The molecule has 0 atom stereocenters. The highest BCUT2D eigenvalue weighted by Gasteiger charge is 2.32. The number of carbonyl (C=O) groups is 1. The van der Waals surface area contributed by atoms with Crippen LogP contribution in [0.1, 0.15) is 29.8 Å². The highest BCUT2D eigenvalue weighted by molar-refractivity contribution is 6.04. The zero-order chi connectivity index (χ0) is 18.1. The lowest BCUT2D eigenvalue weighted by molar-refractivity contribution is -0.0431. The quantitative estimate of drug-likeness (QED) is 0.782. The zero-order valence-corrected chi connectivity index (χ0v) is 14.5. The topological polar surface area (TPSA) is 78.3 Å². The van der Waals surface area contributed by atoms with E-state index in [4.69, 9.17) is 9.47 Å². The largest absolute Gasteiger partial charge is 0.449 e. The van der Waals surface area contributed by atoms with Crippen LogP contribution in [0.5, 0.6) is 11.5 Å². The lowest BCUT2D eigenvalue weighted by Gasteiger charge is -2.16. The Hall–Kier alpha value is -3.35. The van der Waals surface area contributed by atoms with Crippen LogP contribution in [0.15, 0.2) is 55.0 Å². The summed E-state index contributed by atoms with van der Waals surface area (Å²) < 4.78 is 13.1. The van der Waals surface area contributed by atoms with Crippen LogP contribution >= 0.6 is 0 Å². The molecule has 0 fully saturated rings. The number of ether oxygens (including phenoxy) is 2. The Bertz CT molecular complexity index is 950. The summed E-state index contributed by atoms with van der Waals surface area (Å²) in [5.74, 6) is 0.708. The Kier molecular flexibility index (Phi) is 3.84. The van der Waals surface area contributed by atoms with Gasteiger partial charge in [-0.05, 0) is 35.9 Å². The van der Waals surface area contributed by atoms with E-state index in [1.165, 1.54) is 0 Å². The van der Waals surface area contributed by atoms with Crippen molar-refractivity contribution in [3.05, 3.63) is 66.1 Å². The number of amides is 1. The van der Waals surface area contributed by atoms with Crippen molar-refractivity contribution in [2.24, 2.45) is 0 Å². The fourth-order valence-electron chi connectivity index (χ4n) is 2.74. The lowest BCUT2D eigenvalue weighted by Crippen LogP contribution is -2.29. The third-order valence-electron chi connectivity index (χ3n) is 3.89. The molecule has 2 aromatic heterocycles. The van der Waals surface area contributed by atoms with E-state index in [9.17, 15) is 4.79 Å². The van der Waals surface area contributed by atoms with E-state index in [0.717, 1.165) is 5.56 Å². The van der Waals surface area contributed by atoms with Gasteiger partial charge in [-0.2, -0.15) is 5.10 Å². The van der Waals surface area contributed by atoms with Gasteiger partial charge in [-0.15, -0.1) is 0 Å². The van der Waals surface area contributed by atoms with Gasteiger partial charge < -0.3 is 14.8 Å². The van der Waals surface area contributed by atoms with Crippen LogP contribution in [0, 0.1) is 0 Å². The molecule has 0 saturated heterocycles. The number of benzene rings is 1. The molecule has 0 radical (unpaired) electrons. The maximum absolute atomic E-state index is 12.5. The molecule has 1 aliphatic heterocycles. The Labute approximate surface area is 150 Å². The van der Waals surface area contributed by atoms with Gasteiger partial charge in [-0.1, -0.05) is 0 Å². The minimum absolute atomic E-state index is 0.254. The summed E-state index contributed by atoms with van der Waals surface area (Å²) in [4.78, 5) is 16.5. The molecule has 0 unspecified atom stereocenters. The van der Waals surface area contributed by atoms with Gasteiger partial charge in [-0.25, -0.2) is 0 Å². The maximum Gasteiger partial charge on any atom is 0.257 e. The van der Waals surface area contributed by atoms with E-state index in [-0.39, 0.29) is 5.91 Å². The third kappa shape index (κ3) is 3.37. The van der Waals surface area contributed by atoms with E-state index >= 15 is 0 Å². The number of fused-ring (bicyclic) bond motifs is 1. The van der Waals surface area contributed by atoms with Gasteiger partial charge in [0, 0.05) is 44.1 Å². The number of carbonyl (C=O) groups excluding carboxylic acids is 1. The van der Waals surface area contributed by atoms with Crippen LogP contribution in [0.4, 0.5) is 5.82 Å². The standard InChI is InChI=1S/C19H18N4O3/c1-19(2)25-15-4-3-14(11-16(15)26-19)18(24)21-17-7-10-23(22-17)12-13-5-8-20-9-6-13/h3-11H,12H2,1-2H3,(H,21,22,24). The van der Waals surface area contributed by atoms with Crippen LogP contribution in [0.2, 0.25) is 0 Å². The van der Waals surface area contributed by atoms with Crippen molar-refractivity contribution in [2.45, 2.75) is 26.2 Å². The molecule has 1 amide bonds. The van der Waals surface area contributed by atoms with E-state index in [0.29, 0.717) is 29.4 Å². The third-order valence-corrected chi connectivity index (χ3v) is 3.89. The maximum atomic E-state index is 12.5. The van der Waals surface area contributed by atoms with Crippen molar-refractivity contribution in [2.75, 3.05) is 5.32 Å². The average molecular weight is 350 g/mol. The molecule has 3 aromatic rings. The number of anilines is 1. The van der Waals surface area contributed by atoms with Crippen LogP contribution in [0.3, 0.4) is 0 Å². The molecular formula is C19H18N4O3. The molecule has 132 valence electrons. The molecule has 0 spiro atoms.